The summed E-state index contributed by atoms with van der Waals surface area (Å²) in [5.41, 5.74) is 9.39. The second-order valence-electron chi connectivity index (χ2n) is 5.27. The topological polar surface area (TPSA) is 43.8 Å². The molecule has 5 heteroatoms. The van der Waals surface area contributed by atoms with Gasteiger partial charge in [-0.3, -0.25) is 4.68 Å². The molecule has 0 aliphatic heterocycles. The summed E-state index contributed by atoms with van der Waals surface area (Å²) in [6, 6.07) is 8.17. The van der Waals surface area contributed by atoms with Crippen molar-refractivity contribution in [2.45, 2.75) is 39.3 Å². The molecule has 20 heavy (non-hydrogen) atoms. The van der Waals surface area contributed by atoms with Crippen LogP contribution in [-0.2, 0) is 18.5 Å². The molecule has 2 aromatic rings. The lowest BCUT2D eigenvalue weighted by atomic mass is 9.88. The van der Waals surface area contributed by atoms with E-state index in [1.807, 2.05) is 23.7 Å². The first-order valence-corrected chi connectivity index (χ1v) is 8.20. The number of halogens is 2. The highest BCUT2D eigenvalue weighted by molar-refractivity contribution is 9.10. The van der Waals surface area contributed by atoms with E-state index in [4.69, 9.17) is 5.73 Å². The van der Waals surface area contributed by atoms with Crippen molar-refractivity contribution in [1.82, 2.24) is 9.78 Å². The fraction of sp³-hybridized carbons (Fsp3) is 0.400. The molecule has 1 aromatic carbocycles. The van der Waals surface area contributed by atoms with E-state index in [2.05, 4.69) is 62.9 Å². The standard InChI is InChI=1S/C15H19Br2N3/c1-4-20-13(14(17)10(2)19-20)9-15(3,18)11-6-5-7-12(16)8-11/h5-8H,4,9,18H2,1-3H3. The summed E-state index contributed by atoms with van der Waals surface area (Å²) >= 11 is 7.14. The van der Waals surface area contributed by atoms with Gasteiger partial charge in [0.2, 0.25) is 0 Å². The fourth-order valence-electron chi connectivity index (χ4n) is 2.33. The highest BCUT2D eigenvalue weighted by Crippen LogP contribution is 2.30. The number of rotatable bonds is 4. The molecule has 1 heterocycles. The molecule has 3 nitrogen and oxygen atoms in total. The van der Waals surface area contributed by atoms with Gasteiger partial charge in [0.25, 0.3) is 0 Å². The fourth-order valence-corrected chi connectivity index (χ4v) is 3.15. The lowest BCUT2D eigenvalue weighted by molar-refractivity contribution is 0.462. The molecular weight excluding hydrogens is 382 g/mol. The first-order chi connectivity index (χ1) is 9.35. The molecule has 0 aliphatic rings. The monoisotopic (exact) mass is 399 g/mol. The van der Waals surface area contributed by atoms with Gasteiger partial charge in [-0.15, -0.1) is 0 Å². The van der Waals surface area contributed by atoms with Crippen LogP contribution in [0.1, 0.15) is 30.8 Å². The third-order valence-corrected chi connectivity index (χ3v) is 5.00. The zero-order valence-electron chi connectivity index (χ0n) is 12.0. The second kappa shape index (κ2) is 6.00. The minimum absolute atomic E-state index is 0.439. The average Bonchev–Trinajstić information content (AvgIpc) is 2.66. The minimum atomic E-state index is -0.439. The third-order valence-electron chi connectivity index (χ3n) is 3.47. The summed E-state index contributed by atoms with van der Waals surface area (Å²) in [5.74, 6) is 0. The Kier molecular flexibility index (Phi) is 4.72. The quantitative estimate of drug-likeness (QED) is 0.837. The van der Waals surface area contributed by atoms with E-state index < -0.39 is 5.54 Å². The van der Waals surface area contributed by atoms with Crippen molar-refractivity contribution in [2.75, 3.05) is 0 Å². The largest absolute Gasteiger partial charge is 0.321 e. The number of aromatic nitrogens is 2. The molecule has 108 valence electrons. The van der Waals surface area contributed by atoms with Gasteiger partial charge in [0.15, 0.2) is 0 Å². The number of hydrogen-bond acceptors (Lipinski definition) is 2. The predicted octanol–water partition coefficient (Wildman–Crippen LogP) is 4.15. The molecule has 0 saturated carbocycles. The molecule has 2 N–H and O–H groups in total. The van der Waals surface area contributed by atoms with E-state index in [1.165, 1.54) is 0 Å². The second-order valence-corrected chi connectivity index (χ2v) is 6.98. The Labute approximate surface area is 136 Å². The highest BCUT2D eigenvalue weighted by atomic mass is 79.9. The van der Waals surface area contributed by atoms with Crippen molar-refractivity contribution in [3.05, 3.63) is 50.2 Å². The van der Waals surface area contributed by atoms with Gasteiger partial charge >= 0.3 is 0 Å². The summed E-state index contributed by atoms with van der Waals surface area (Å²) in [6.45, 7) is 7.00. The van der Waals surface area contributed by atoms with E-state index in [0.29, 0.717) is 0 Å². The Balaban J connectivity index is 2.37. The van der Waals surface area contributed by atoms with Gasteiger partial charge < -0.3 is 5.73 Å². The lowest BCUT2D eigenvalue weighted by Gasteiger charge is -2.26. The van der Waals surface area contributed by atoms with E-state index in [-0.39, 0.29) is 0 Å². The molecule has 1 aromatic heterocycles. The zero-order valence-corrected chi connectivity index (χ0v) is 15.1. The molecule has 0 saturated heterocycles. The first-order valence-electron chi connectivity index (χ1n) is 6.62. The van der Waals surface area contributed by atoms with Crippen LogP contribution in [0.5, 0.6) is 0 Å². The van der Waals surface area contributed by atoms with E-state index in [9.17, 15) is 0 Å². The van der Waals surface area contributed by atoms with Crippen LogP contribution < -0.4 is 5.73 Å². The normalized spacial score (nSPS) is 14.3. The number of hydrogen-bond donors (Lipinski definition) is 1. The maximum Gasteiger partial charge on any atom is 0.0738 e. The van der Waals surface area contributed by atoms with Crippen LogP contribution in [-0.4, -0.2) is 9.78 Å². The van der Waals surface area contributed by atoms with Crippen LogP contribution >= 0.6 is 31.9 Å². The third kappa shape index (κ3) is 3.15. The van der Waals surface area contributed by atoms with Gasteiger partial charge in [0, 0.05) is 23.0 Å². The van der Waals surface area contributed by atoms with Crippen LogP contribution in [0.2, 0.25) is 0 Å². The van der Waals surface area contributed by atoms with Gasteiger partial charge in [-0.25, -0.2) is 0 Å². The minimum Gasteiger partial charge on any atom is -0.321 e. The Morgan fingerprint density at radius 3 is 2.65 bits per heavy atom. The van der Waals surface area contributed by atoms with Crippen molar-refractivity contribution in [1.29, 1.82) is 0 Å². The van der Waals surface area contributed by atoms with Gasteiger partial charge in [-0.1, -0.05) is 28.1 Å². The maximum absolute atomic E-state index is 6.56. The summed E-state index contributed by atoms with van der Waals surface area (Å²) in [6.07, 6.45) is 0.735. The number of nitrogens with zero attached hydrogens (tertiary/aromatic N) is 2. The smallest absolute Gasteiger partial charge is 0.0738 e. The average molecular weight is 401 g/mol. The summed E-state index contributed by atoms with van der Waals surface area (Å²) in [7, 11) is 0. The summed E-state index contributed by atoms with van der Waals surface area (Å²) in [4.78, 5) is 0. The molecule has 1 unspecified atom stereocenters. The summed E-state index contributed by atoms with van der Waals surface area (Å²) < 4.78 is 4.12. The highest BCUT2D eigenvalue weighted by Gasteiger charge is 2.26. The molecule has 0 bridgehead atoms. The van der Waals surface area contributed by atoms with Crippen LogP contribution in [0.3, 0.4) is 0 Å². The van der Waals surface area contributed by atoms with Crippen molar-refractivity contribution >= 4 is 31.9 Å². The number of nitrogens with two attached hydrogens (primary N) is 1. The SMILES string of the molecule is CCn1nc(C)c(Br)c1CC(C)(N)c1cccc(Br)c1. The maximum atomic E-state index is 6.56. The van der Waals surface area contributed by atoms with Crippen LogP contribution in [0, 0.1) is 6.92 Å². The van der Waals surface area contributed by atoms with Crippen LogP contribution in [0.15, 0.2) is 33.2 Å². The Morgan fingerprint density at radius 1 is 1.35 bits per heavy atom. The van der Waals surface area contributed by atoms with E-state index in [1.54, 1.807) is 0 Å². The van der Waals surface area contributed by atoms with Gasteiger partial charge in [-0.2, -0.15) is 5.10 Å². The molecule has 0 fully saturated rings. The zero-order chi connectivity index (χ0) is 14.9. The number of benzene rings is 1. The number of aryl methyl sites for hydroxylation is 2. The van der Waals surface area contributed by atoms with E-state index >= 15 is 0 Å². The molecule has 0 radical (unpaired) electrons. The summed E-state index contributed by atoms with van der Waals surface area (Å²) in [5, 5.41) is 4.53. The van der Waals surface area contributed by atoms with Gasteiger partial charge in [-0.05, 0) is 54.4 Å². The molecular formula is C15H19Br2N3. The van der Waals surface area contributed by atoms with Gasteiger partial charge in [0.1, 0.15) is 0 Å². The molecule has 0 spiro atoms. The van der Waals surface area contributed by atoms with Crippen molar-refractivity contribution < 1.29 is 0 Å². The van der Waals surface area contributed by atoms with Crippen molar-refractivity contribution in [3.8, 4) is 0 Å². The van der Waals surface area contributed by atoms with Crippen molar-refractivity contribution in [2.24, 2.45) is 5.73 Å². The van der Waals surface area contributed by atoms with Crippen LogP contribution in [0.25, 0.3) is 0 Å². The van der Waals surface area contributed by atoms with Crippen LogP contribution in [0.4, 0.5) is 0 Å². The Morgan fingerprint density at radius 2 is 2.05 bits per heavy atom. The molecule has 0 aliphatic carbocycles. The van der Waals surface area contributed by atoms with E-state index in [0.717, 1.165) is 38.9 Å². The lowest BCUT2D eigenvalue weighted by Crippen LogP contribution is -2.36. The Bertz CT molecular complexity index is 618. The molecule has 0 amide bonds. The van der Waals surface area contributed by atoms with Crippen molar-refractivity contribution in [3.63, 3.8) is 0 Å². The Hall–Kier alpha value is -0.650. The first kappa shape index (κ1) is 15.7. The predicted molar refractivity (Wildman–Crippen MR) is 89.7 cm³/mol. The molecule has 1 atom stereocenters. The molecule has 2 rings (SSSR count). The van der Waals surface area contributed by atoms with Gasteiger partial charge in [0.05, 0.1) is 15.9 Å².